The molecule has 0 aliphatic carbocycles. The summed E-state index contributed by atoms with van der Waals surface area (Å²) in [5.41, 5.74) is 0.924. The topological polar surface area (TPSA) is 142 Å². The van der Waals surface area contributed by atoms with E-state index in [1.807, 2.05) is 13.0 Å². The molecule has 0 saturated heterocycles. The molecule has 0 aromatic heterocycles. The predicted octanol–water partition coefficient (Wildman–Crippen LogP) is 6.96. The SMILES string of the molecule is CC#CCOc1ccc(C[C@H](NC(=O)[C@@H](/C=C/CCCCCCC(=O)CCCCCCC)[C@@](C)(CCC)C(=O)O)C(=O)NO)cc1. The van der Waals surface area contributed by atoms with Gasteiger partial charge in [0.2, 0.25) is 5.91 Å². The maximum absolute atomic E-state index is 13.6. The molecule has 3 atom stereocenters. The van der Waals surface area contributed by atoms with E-state index in [2.05, 4.69) is 24.1 Å². The molecule has 0 fully saturated rings. The molecule has 1 aromatic rings. The van der Waals surface area contributed by atoms with Gasteiger partial charge in [-0.25, -0.2) is 5.48 Å². The van der Waals surface area contributed by atoms with Crippen LogP contribution < -0.4 is 15.5 Å². The van der Waals surface area contributed by atoms with E-state index < -0.39 is 35.2 Å². The van der Waals surface area contributed by atoms with Gasteiger partial charge >= 0.3 is 5.97 Å². The Morgan fingerprint density at radius 1 is 0.913 bits per heavy atom. The lowest BCUT2D eigenvalue weighted by molar-refractivity contribution is -0.154. The smallest absolute Gasteiger partial charge is 0.310 e. The molecule has 0 aliphatic heterocycles. The average Bonchev–Trinajstić information content (AvgIpc) is 3.04. The van der Waals surface area contributed by atoms with Gasteiger partial charge in [-0.2, -0.15) is 0 Å². The third-order valence-electron chi connectivity index (χ3n) is 8.29. The van der Waals surface area contributed by atoms with Gasteiger partial charge in [-0.15, -0.1) is 5.92 Å². The number of benzene rings is 1. The number of unbranched alkanes of at least 4 members (excludes halogenated alkanes) is 8. The number of carboxylic acids is 1. The number of Topliss-reactive ketones (excluding diaryl/α,β-unsaturated/α-hetero) is 1. The van der Waals surface area contributed by atoms with Gasteiger partial charge < -0.3 is 15.2 Å². The summed E-state index contributed by atoms with van der Waals surface area (Å²) in [6, 6.07) is 5.82. The minimum absolute atomic E-state index is 0.0720. The number of hydrogen-bond donors (Lipinski definition) is 4. The Morgan fingerprint density at radius 3 is 2.11 bits per heavy atom. The summed E-state index contributed by atoms with van der Waals surface area (Å²) in [5.74, 6) is 2.95. The van der Waals surface area contributed by atoms with Crippen LogP contribution in [0.5, 0.6) is 5.75 Å². The van der Waals surface area contributed by atoms with E-state index in [1.54, 1.807) is 49.7 Å². The molecule has 1 aromatic carbocycles. The minimum atomic E-state index is -1.40. The normalized spacial score (nSPS) is 13.6. The van der Waals surface area contributed by atoms with Gasteiger partial charge in [-0.1, -0.05) is 89.0 Å². The second-order valence-electron chi connectivity index (χ2n) is 12.1. The van der Waals surface area contributed by atoms with Crippen LogP contribution in [0.15, 0.2) is 36.4 Å². The number of ether oxygens (including phenoxy) is 1. The maximum Gasteiger partial charge on any atom is 0.310 e. The number of carbonyl (C=O) groups is 4. The van der Waals surface area contributed by atoms with Crippen LogP contribution in [0.4, 0.5) is 0 Å². The first-order valence-electron chi connectivity index (χ1n) is 16.9. The zero-order valence-corrected chi connectivity index (χ0v) is 28.4. The third kappa shape index (κ3) is 15.6. The summed E-state index contributed by atoms with van der Waals surface area (Å²) in [7, 11) is 0. The van der Waals surface area contributed by atoms with Crippen molar-refractivity contribution in [1.29, 1.82) is 0 Å². The van der Waals surface area contributed by atoms with Crippen LogP contribution in [0.2, 0.25) is 0 Å². The Balaban J connectivity index is 2.82. The summed E-state index contributed by atoms with van der Waals surface area (Å²) in [4.78, 5) is 50.8. The highest BCUT2D eigenvalue weighted by Crippen LogP contribution is 2.35. The number of allylic oxidation sites excluding steroid dienone is 1. The second kappa shape index (κ2) is 23.7. The highest BCUT2D eigenvalue weighted by molar-refractivity contribution is 5.92. The van der Waals surface area contributed by atoms with Crippen molar-refractivity contribution in [3.63, 3.8) is 0 Å². The quantitative estimate of drug-likeness (QED) is 0.0298. The molecule has 4 N–H and O–H groups in total. The van der Waals surface area contributed by atoms with E-state index in [0.29, 0.717) is 42.8 Å². The fourth-order valence-electron chi connectivity index (χ4n) is 5.42. The molecule has 1 rings (SSSR count). The molecule has 9 nitrogen and oxygen atoms in total. The molecular weight excluding hydrogens is 584 g/mol. The van der Waals surface area contributed by atoms with Crippen LogP contribution in [-0.2, 0) is 25.6 Å². The Morgan fingerprint density at radius 2 is 1.54 bits per heavy atom. The van der Waals surface area contributed by atoms with Gasteiger partial charge in [0.05, 0.1) is 11.3 Å². The second-order valence-corrected chi connectivity index (χ2v) is 12.1. The Hall–Kier alpha value is -3.64. The van der Waals surface area contributed by atoms with Gasteiger partial charge in [0.25, 0.3) is 5.91 Å². The Bertz CT molecular complexity index is 1150. The number of nitrogens with one attached hydrogen (secondary N) is 2. The lowest BCUT2D eigenvalue weighted by atomic mass is 9.72. The van der Waals surface area contributed by atoms with Crippen molar-refractivity contribution >= 4 is 23.6 Å². The molecule has 0 saturated carbocycles. The molecule has 0 spiro atoms. The molecule has 0 heterocycles. The summed E-state index contributed by atoms with van der Waals surface area (Å²) >= 11 is 0. The monoisotopic (exact) mass is 640 g/mol. The first kappa shape index (κ1) is 40.4. The third-order valence-corrected chi connectivity index (χ3v) is 8.29. The van der Waals surface area contributed by atoms with E-state index >= 15 is 0 Å². The Labute approximate surface area is 275 Å². The molecule has 0 bridgehead atoms. The van der Waals surface area contributed by atoms with Crippen LogP contribution in [0.25, 0.3) is 0 Å². The van der Waals surface area contributed by atoms with E-state index in [4.69, 9.17) is 4.74 Å². The van der Waals surface area contributed by atoms with Gasteiger partial charge in [0, 0.05) is 19.3 Å². The first-order valence-corrected chi connectivity index (χ1v) is 16.9. The fourth-order valence-corrected chi connectivity index (χ4v) is 5.42. The molecule has 0 radical (unpaired) electrons. The van der Waals surface area contributed by atoms with Crippen LogP contribution in [-0.4, -0.2) is 46.5 Å². The standard InChI is InChI=1S/C37H56N2O7/c1-5-8-10-13-16-19-30(40)20-17-14-11-12-15-18-21-32(37(4,26-7-3)36(43)44)34(41)38-33(35(42)39-45)28-29-22-24-31(25-23-29)46-27-9-6-2/h18,21-25,32-33,45H,5,7-8,10-17,19-20,26-28H2,1-4H3,(H,38,41)(H,39,42)(H,43,44)/b21-18+/t32-,33+,37-/m1/s1. The van der Waals surface area contributed by atoms with Crippen molar-refractivity contribution in [1.82, 2.24) is 10.8 Å². The summed E-state index contributed by atoms with van der Waals surface area (Å²) in [6.45, 7) is 7.56. The van der Waals surface area contributed by atoms with Gasteiger partial charge in [0.15, 0.2) is 0 Å². The number of hydrogen-bond acceptors (Lipinski definition) is 6. The van der Waals surface area contributed by atoms with Crippen LogP contribution in [0.3, 0.4) is 0 Å². The zero-order valence-electron chi connectivity index (χ0n) is 28.4. The maximum atomic E-state index is 13.6. The van der Waals surface area contributed by atoms with Crippen LogP contribution in [0.1, 0.15) is 123 Å². The number of carboxylic acid groups (broad SMARTS) is 1. The highest BCUT2D eigenvalue weighted by Gasteiger charge is 2.44. The molecule has 46 heavy (non-hydrogen) atoms. The highest BCUT2D eigenvalue weighted by atomic mass is 16.5. The molecule has 256 valence electrons. The van der Waals surface area contributed by atoms with E-state index in [1.165, 1.54) is 19.3 Å². The van der Waals surface area contributed by atoms with Crippen molar-refractivity contribution < 1.29 is 34.2 Å². The zero-order chi connectivity index (χ0) is 34.2. The number of aliphatic carboxylic acids is 1. The molecular formula is C37H56N2O7. The van der Waals surface area contributed by atoms with Gasteiger partial charge in [0.1, 0.15) is 24.2 Å². The van der Waals surface area contributed by atoms with Crippen LogP contribution >= 0.6 is 0 Å². The van der Waals surface area contributed by atoms with E-state index in [0.717, 1.165) is 38.5 Å². The fraction of sp³-hybridized carbons (Fsp3) is 0.622. The average molecular weight is 641 g/mol. The number of amides is 2. The lowest BCUT2D eigenvalue weighted by Gasteiger charge is -2.32. The van der Waals surface area contributed by atoms with Crippen molar-refractivity contribution in [2.24, 2.45) is 11.3 Å². The summed E-state index contributed by atoms with van der Waals surface area (Å²) in [6.07, 6.45) is 15.6. The van der Waals surface area contributed by atoms with Crippen molar-refractivity contribution in [3.8, 4) is 17.6 Å². The Kier molecular flexibility index (Phi) is 20.8. The first-order chi connectivity index (χ1) is 22.1. The number of carbonyl (C=O) groups excluding carboxylic acids is 3. The van der Waals surface area contributed by atoms with Gasteiger partial charge in [-0.3, -0.25) is 24.4 Å². The number of ketones is 1. The van der Waals surface area contributed by atoms with Crippen molar-refractivity contribution in [3.05, 3.63) is 42.0 Å². The molecule has 2 amide bonds. The lowest BCUT2D eigenvalue weighted by Crippen LogP contribution is -2.52. The van der Waals surface area contributed by atoms with Crippen molar-refractivity contribution in [2.75, 3.05) is 6.61 Å². The summed E-state index contributed by atoms with van der Waals surface area (Å²) < 4.78 is 5.52. The molecule has 9 heteroatoms. The minimum Gasteiger partial charge on any atom is -0.481 e. The molecule has 0 unspecified atom stereocenters. The predicted molar refractivity (Wildman–Crippen MR) is 180 cm³/mol. The summed E-state index contributed by atoms with van der Waals surface area (Å²) in [5, 5.41) is 22.2. The number of hydroxylamine groups is 1. The van der Waals surface area contributed by atoms with E-state index in [9.17, 15) is 29.5 Å². The van der Waals surface area contributed by atoms with Crippen LogP contribution in [0, 0.1) is 23.2 Å². The van der Waals surface area contributed by atoms with E-state index in [-0.39, 0.29) is 19.4 Å². The molecule has 0 aliphatic rings. The van der Waals surface area contributed by atoms with Crippen molar-refractivity contribution in [2.45, 2.75) is 130 Å². The largest absolute Gasteiger partial charge is 0.481 e. The van der Waals surface area contributed by atoms with Gasteiger partial charge in [-0.05, 0) is 63.6 Å². The number of rotatable bonds is 25.